The minimum atomic E-state index is -1.45. The van der Waals surface area contributed by atoms with E-state index in [-0.39, 0.29) is 0 Å². The lowest BCUT2D eigenvalue weighted by molar-refractivity contribution is -0.131. The fraction of sp³-hybridized carbons (Fsp3) is 0.214. The van der Waals surface area contributed by atoms with Gasteiger partial charge >= 0.3 is 0 Å². The van der Waals surface area contributed by atoms with E-state index in [4.69, 9.17) is 17.2 Å². The van der Waals surface area contributed by atoms with Gasteiger partial charge in [0.25, 0.3) is 0 Å². The summed E-state index contributed by atoms with van der Waals surface area (Å²) >= 11 is 0. The van der Waals surface area contributed by atoms with Crippen molar-refractivity contribution in [2.45, 2.75) is 17.7 Å². The summed E-state index contributed by atoms with van der Waals surface area (Å²) in [6, 6.07) is 7.84. The Morgan fingerprint density at radius 3 is 2.53 bits per heavy atom. The zero-order chi connectivity index (χ0) is 14.0. The quantitative estimate of drug-likeness (QED) is 0.596. The second-order valence-electron chi connectivity index (χ2n) is 4.64. The number of hydrogen-bond acceptors (Lipinski definition) is 5. The van der Waals surface area contributed by atoms with Gasteiger partial charge in [-0.15, -0.1) is 0 Å². The Labute approximate surface area is 111 Å². The number of rotatable bonds is 3. The van der Waals surface area contributed by atoms with Gasteiger partial charge < -0.3 is 22.3 Å². The second kappa shape index (κ2) is 4.97. The topological polar surface area (TPSA) is 115 Å². The molecule has 1 aliphatic carbocycles. The molecule has 0 spiro atoms. The van der Waals surface area contributed by atoms with Crippen LogP contribution < -0.4 is 17.2 Å². The van der Waals surface area contributed by atoms with E-state index in [1.165, 1.54) is 18.2 Å². The van der Waals surface area contributed by atoms with Crippen LogP contribution in [-0.4, -0.2) is 22.5 Å². The molecule has 5 heteroatoms. The van der Waals surface area contributed by atoms with Crippen molar-refractivity contribution in [2.24, 2.45) is 17.2 Å². The summed E-state index contributed by atoms with van der Waals surface area (Å²) < 4.78 is 0. The number of aliphatic hydroxyl groups excluding tert-OH is 1. The number of ketones is 1. The fourth-order valence-electron chi connectivity index (χ4n) is 2.02. The summed E-state index contributed by atoms with van der Waals surface area (Å²) in [5.74, 6) is -0.550. The van der Waals surface area contributed by atoms with Gasteiger partial charge in [0.05, 0.1) is 6.04 Å². The van der Waals surface area contributed by atoms with Crippen molar-refractivity contribution in [1.82, 2.24) is 0 Å². The zero-order valence-electron chi connectivity index (χ0n) is 10.4. The van der Waals surface area contributed by atoms with Crippen molar-refractivity contribution in [2.75, 3.05) is 0 Å². The molecule has 0 aromatic heterocycles. The van der Waals surface area contributed by atoms with Crippen LogP contribution in [0.4, 0.5) is 0 Å². The van der Waals surface area contributed by atoms with Crippen LogP contribution >= 0.6 is 0 Å². The molecule has 100 valence electrons. The molecule has 1 aromatic carbocycles. The maximum Gasteiger partial charge on any atom is 0.191 e. The van der Waals surface area contributed by atoms with Gasteiger partial charge in [-0.1, -0.05) is 36.4 Å². The molecule has 3 atom stereocenters. The van der Waals surface area contributed by atoms with Gasteiger partial charge in [0, 0.05) is 5.70 Å². The van der Waals surface area contributed by atoms with Crippen molar-refractivity contribution < 1.29 is 9.90 Å². The highest BCUT2D eigenvalue weighted by Crippen LogP contribution is 2.24. The molecule has 0 fully saturated rings. The van der Waals surface area contributed by atoms with Gasteiger partial charge in [-0.2, -0.15) is 0 Å². The maximum absolute atomic E-state index is 12.4. The third kappa shape index (κ3) is 2.44. The van der Waals surface area contributed by atoms with E-state index >= 15 is 0 Å². The van der Waals surface area contributed by atoms with Crippen LogP contribution in [0.2, 0.25) is 0 Å². The fourth-order valence-corrected chi connectivity index (χ4v) is 2.02. The van der Waals surface area contributed by atoms with E-state index in [0.717, 1.165) is 0 Å². The second-order valence-corrected chi connectivity index (χ2v) is 4.64. The van der Waals surface area contributed by atoms with Gasteiger partial charge in [0.15, 0.2) is 5.78 Å². The smallest absolute Gasteiger partial charge is 0.191 e. The van der Waals surface area contributed by atoms with Crippen molar-refractivity contribution >= 4 is 5.78 Å². The Kier molecular flexibility index (Phi) is 3.53. The van der Waals surface area contributed by atoms with Crippen LogP contribution in [0.3, 0.4) is 0 Å². The van der Waals surface area contributed by atoms with Crippen LogP contribution in [0, 0.1) is 0 Å². The highest BCUT2D eigenvalue weighted by Gasteiger charge is 2.42. The van der Waals surface area contributed by atoms with Crippen LogP contribution in [0.25, 0.3) is 0 Å². The number of Topliss-reactive ketones (excluding diaryl/α,β-unsaturated/α-hetero) is 1. The molecule has 3 unspecified atom stereocenters. The number of carbonyl (C=O) groups is 1. The number of hydrogen-bond donors (Lipinski definition) is 4. The van der Waals surface area contributed by atoms with Gasteiger partial charge in [-0.3, -0.25) is 4.79 Å². The van der Waals surface area contributed by atoms with E-state index in [2.05, 4.69) is 0 Å². The molecule has 2 rings (SSSR count). The third-order valence-electron chi connectivity index (χ3n) is 3.27. The molecule has 19 heavy (non-hydrogen) atoms. The molecule has 5 nitrogen and oxygen atoms in total. The Morgan fingerprint density at radius 1 is 1.32 bits per heavy atom. The molecule has 0 saturated heterocycles. The molecule has 0 bridgehead atoms. The number of nitrogens with two attached hydrogens (primary N) is 3. The Hall–Kier alpha value is -1.95. The van der Waals surface area contributed by atoms with E-state index in [9.17, 15) is 9.90 Å². The molecule has 0 heterocycles. The molecule has 7 N–H and O–H groups in total. The Balaban J connectivity index is 2.27. The minimum absolute atomic E-state index is 0.454. The van der Waals surface area contributed by atoms with Crippen molar-refractivity contribution in [3.05, 3.63) is 59.8 Å². The lowest BCUT2D eigenvalue weighted by Crippen LogP contribution is -2.61. The highest BCUT2D eigenvalue weighted by molar-refractivity contribution is 5.96. The summed E-state index contributed by atoms with van der Waals surface area (Å²) in [5.41, 5.74) is 17.0. The van der Waals surface area contributed by atoms with E-state index in [1.54, 1.807) is 30.3 Å². The molecular formula is C14H17N3O2. The van der Waals surface area contributed by atoms with Gasteiger partial charge in [0.2, 0.25) is 0 Å². The van der Waals surface area contributed by atoms with Gasteiger partial charge in [-0.05, 0) is 17.7 Å². The number of aliphatic hydroxyl groups is 1. The van der Waals surface area contributed by atoms with Crippen LogP contribution in [0.15, 0.2) is 54.3 Å². The molecule has 0 aliphatic heterocycles. The summed E-state index contributed by atoms with van der Waals surface area (Å²) in [4.78, 5) is 12.4. The summed E-state index contributed by atoms with van der Waals surface area (Å²) in [6.45, 7) is 0. The largest absolute Gasteiger partial charge is 0.399 e. The summed E-state index contributed by atoms with van der Waals surface area (Å²) in [6.07, 6.45) is 3.17. The zero-order valence-corrected chi connectivity index (χ0v) is 10.4. The minimum Gasteiger partial charge on any atom is -0.399 e. The Morgan fingerprint density at radius 2 is 1.95 bits per heavy atom. The number of carbonyl (C=O) groups excluding carboxylic acids is 1. The SMILES string of the molecule is NC1=CC(N)C(N)(C(=O)C(O)c2ccccc2)C=C1. The molecule has 0 radical (unpaired) electrons. The van der Waals surface area contributed by atoms with E-state index in [1.807, 2.05) is 0 Å². The predicted octanol–water partition coefficient (Wildman–Crippen LogP) is -0.274. The molecule has 0 amide bonds. The first-order valence-corrected chi connectivity index (χ1v) is 5.93. The summed E-state index contributed by atoms with van der Waals surface area (Å²) in [7, 11) is 0. The third-order valence-corrected chi connectivity index (χ3v) is 3.27. The number of allylic oxidation sites excluding steroid dienone is 1. The molecule has 1 aliphatic rings. The molecule has 1 aromatic rings. The van der Waals surface area contributed by atoms with E-state index in [0.29, 0.717) is 11.3 Å². The Bertz CT molecular complexity index is 539. The average Bonchev–Trinajstić information content (AvgIpc) is 2.42. The van der Waals surface area contributed by atoms with Crippen molar-refractivity contribution in [1.29, 1.82) is 0 Å². The molecular weight excluding hydrogens is 242 g/mol. The first-order chi connectivity index (χ1) is 8.95. The van der Waals surface area contributed by atoms with E-state index < -0.39 is 23.5 Å². The van der Waals surface area contributed by atoms with Crippen molar-refractivity contribution in [3.63, 3.8) is 0 Å². The average molecular weight is 259 g/mol. The van der Waals surface area contributed by atoms with Gasteiger partial charge in [0.1, 0.15) is 11.6 Å². The van der Waals surface area contributed by atoms with Crippen LogP contribution in [0.1, 0.15) is 11.7 Å². The molecule has 0 saturated carbocycles. The summed E-state index contributed by atoms with van der Waals surface area (Å²) in [5, 5.41) is 10.1. The monoisotopic (exact) mass is 259 g/mol. The lowest BCUT2D eigenvalue weighted by Gasteiger charge is -2.33. The first-order valence-electron chi connectivity index (χ1n) is 5.93. The predicted molar refractivity (Wildman–Crippen MR) is 72.7 cm³/mol. The highest BCUT2D eigenvalue weighted by atomic mass is 16.3. The maximum atomic E-state index is 12.4. The van der Waals surface area contributed by atoms with Crippen LogP contribution in [0.5, 0.6) is 0 Å². The normalized spacial score (nSPS) is 27.7. The lowest BCUT2D eigenvalue weighted by atomic mass is 9.80. The first kappa shape index (κ1) is 13.5. The van der Waals surface area contributed by atoms with Crippen molar-refractivity contribution in [3.8, 4) is 0 Å². The van der Waals surface area contributed by atoms with Crippen LogP contribution in [-0.2, 0) is 4.79 Å². The number of benzene rings is 1. The van der Waals surface area contributed by atoms with Gasteiger partial charge in [-0.25, -0.2) is 0 Å². The standard InChI is InChI=1S/C14H17N3O2/c15-10-6-7-14(17,11(16)8-10)13(19)12(18)9-4-2-1-3-5-9/h1-8,11-12,18H,15-17H2.